The number of aliphatic carboxylic acids is 1. The van der Waals surface area contributed by atoms with E-state index in [-0.39, 0.29) is 18.4 Å². The van der Waals surface area contributed by atoms with E-state index in [0.717, 1.165) is 12.8 Å². The van der Waals surface area contributed by atoms with Crippen LogP contribution in [0.5, 0.6) is 0 Å². The predicted molar refractivity (Wildman–Crippen MR) is 88.8 cm³/mol. The summed E-state index contributed by atoms with van der Waals surface area (Å²) in [6.07, 6.45) is 15.1. The van der Waals surface area contributed by atoms with E-state index in [1.165, 1.54) is 64.2 Å². The third-order valence-corrected chi connectivity index (χ3v) is 3.74. The molecule has 0 saturated carbocycles. The summed E-state index contributed by atoms with van der Waals surface area (Å²) in [5.41, 5.74) is 0. The molecule has 0 heterocycles. The molecule has 122 valence electrons. The van der Waals surface area contributed by atoms with Gasteiger partial charge in [-0.25, -0.2) is 0 Å². The molecule has 0 bridgehead atoms. The van der Waals surface area contributed by atoms with Crippen LogP contribution in [0.4, 0.5) is 0 Å². The van der Waals surface area contributed by atoms with Crippen LogP contribution in [-0.4, -0.2) is 24.2 Å². The van der Waals surface area contributed by atoms with Gasteiger partial charge in [0, 0.05) is 0 Å². The van der Waals surface area contributed by atoms with Gasteiger partial charge in [-0.3, -0.25) is 4.79 Å². The van der Waals surface area contributed by atoms with Crippen LogP contribution in [0.15, 0.2) is 0 Å². The Morgan fingerprint density at radius 1 is 0.900 bits per heavy atom. The zero-order valence-corrected chi connectivity index (χ0v) is 14.1. The van der Waals surface area contributed by atoms with Gasteiger partial charge in [0.25, 0.3) is 0 Å². The quantitative estimate of drug-likeness (QED) is 0.454. The van der Waals surface area contributed by atoms with Gasteiger partial charge >= 0.3 is 5.97 Å². The zero-order valence-electron chi connectivity index (χ0n) is 13.3. The molecular weight excluding hydrogens is 274 g/mol. The van der Waals surface area contributed by atoms with Crippen molar-refractivity contribution in [3.63, 3.8) is 0 Å². The number of carbonyl (C=O) groups is 1. The van der Waals surface area contributed by atoms with E-state index in [4.69, 9.17) is 5.11 Å². The largest absolute Gasteiger partial charge is 0.480 e. The summed E-state index contributed by atoms with van der Waals surface area (Å²) in [5.74, 6) is -0.727. The van der Waals surface area contributed by atoms with E-state index in [0.29, 0.717) is 0 Å². The SMILES string of the molecule is CCCCCCCCCCCCCC(NC)C(=O)O.Cl. The first kappa shape index (κ1) is 22.0. The zero-order chi connectivity index (χ0) is 14.3. The second kappa shape index (κ2) is 16.8. The molecule has 0 fully saturated rings. The molecule has 20 heavy (non-hydrogen) atoms. The lowest BCUT2D eigenvalue weighted by molar-refractivity contribution is -0.139. The normalized spacial score (nSPS) is 11.9. The van der Waals surface area contributed by atoms with Gasteiger partial charge in [-0.15, -0.1) is 12.4 Å². The lowest BCUT2D eigenvalue weighted by Crippen LogP contribution is -2.33. The molecule has 0 saturated heterocycles. The fraction of sp³-hybridized carbons (Fsp3) is 0.938. The predicted octanol–water partition coefficient (Wildman–Crippen LogP) is 4.78. The maximum Gasteiger partial charge on any atom is 0.320 e. The lowest BCUT2D eigenvalue weighted by Gasteiger charge is -2.10. The summed E-state index contributed by atoms with van der Waals surface area (Å²) < 4.78 is 0. The first-order valence-electron chi connectivity index (χ1n) is 8.12. The molecule has 0 aromatic rings. The van der Waals surface area contributed by atoms with Crippen molar-refractivity contribution in [1.29, 1.82) is 0 Å². The Bertz CT molecular complexity index is 213. The van der Waals surface area contributed by atoms with Gasteiger partial charge in [-0.2, -0.15) is 0 Å². The molecule has 2 N–H and O–H groups in total. The number of hydrogen-bond acceptors (Lipinski definition) is 2. The van der Waals surface area contributed by atoms with Crippen molar-refractivity contribution in [3.05, 3.63) is 0 Å². The highest BCUT2D eigenvalue weighted by Crippen LogP contribution is 2.12. The number of likely N-dealkylation sites (N-methyl/N-ethyl adjacent to an activating group) is 1. The third kappa shape index (κ3) is 14.1. The van der Waals surface area contributed by atoms with Crippen LogP contribution < -0.4 is 5.32 Å². The minimum absolute atomic E-state index is 0. The van der Waals surface area contributed by atoms with Crippen molar-refractivity contribution in [1.82, 2.24) is 5.32 Å². The van der Waals surface area contributed by atoms with Crippen molar-refractivity contribution >= 4 is 18.4 Å². The fourth-order valence-corrected chi connectivity index (χ4v) is 2.40. The van der Waals surface area contributed by atoms with E-state index in [1.807, 2.05) is 0 Å². The minimum atomic E-state index is -0.727. The molecule has 0 rings (SSSR count). The molecule has 4 heteroatoms. The van der Waals surface area contributed by atoms with Gasteiger partial charge in [0.1, 0.15) is 6.04 Å². The second-order valence-corrected chi connectivity index (χ2v) is 5.50. The summed E-state index contributed by atoms with van der Waals surface area (Å²) in [6.45, 7) is 2.25. The van der Waals surface area contributed by atoms with Crippen LogP contribution in [0.3, 0.4) is 0 Å². The number of rotatable bonds is 14. The van der Waals surface area contributed by atoms with Crippen molar-refractivity contribution in [2.75, 3.05) is 7.05 Å². The molecule has 1 unspecified atom stereocenters. The van der Waals surface area contributed by atoms with E-state index in [9.17, 15) is 4.79 Å². The first-order chi connectivity index (χ1) is 9.22. The lowest BCUT2D eigenvalue weighted by atomic mass is 10.0. The van der Waals surface area contributed by atoms with Crippen molar-refractivity contribution < 1.29 is 9.90 Å². The summed E-state index contributed by atoms with van der Waals surface area (Å²) >= 11 is 0. The number of hydrogen-bond donors (Lipinski definition) is 2. The van der Waals surface area contributed by atoms with Crippen LogP contribution in [-0.2, 0) is 4.79 Å². The topological polar surface area (TPSA) is 49.3 Å². The maximum absolute atomic E-state index is 10.8. The number of carboxylic acids is 1. The molecule has 0 aromatic heterocycles. The second-order valence-electron chi connectivity index (χ2n) is 5.50. The van der Waals surface area contributed by atoms with Gasteiger partial charge in [-0.05, 0) is 13.5 Å². The van der Waals surface area contributed by atoms with Gasteiger partial charge < -0.3 is 10.4 Å². The molecule has 0 aliphatic heterocycles. The Labute approximate surface area is 131 Å². The Hall–Kier alpha value is -0.280. The summed E-state index contributed by atoms with van der Waals surface area (Å²) in [5, 5.41) is 11.7. The number of halogens is 1. The highest BCUT2D eigenvalue weighted by atomic mass is 35.5. The molecule has 1 atom stereocenters. The van der Waals surface area contributed by atoms with Gasteiger partial charge in [0.15, 0.2) is 0 Å². The van der Waals surface area contributed by atoms with Crippen LogP contribution in [0, 0.1) is 0 Å². The molecule has 0 amide bonds. The molecule has 0 aliphatic rings. The van der Waals surface area contributed by atoms with Crippen LogP contribution in [0.2, 0.25) is 0 Å². The van der Waals surface area contributed by atoms with Gasteiger partial charge in [-0.1, -0.05) is 77.6 Å². The van der Waals surface area contributed by atoms with Crippen LogP contribution >= 0.6 is 12.4 Å². The number of unbranched alkanes of at least 4 members (excludes halogenated alkanes) is 10. The van der Waals surface area contributed by atoms with E-state index in [2.05, 4.69) is 12.2 Å². The summed E-state index contributed by atoms with van der Waals surface area (Å²) in [7, 11) is 1.72. The molecular formula is C16H34ClNO2. The minimum Gasteiger partial charge on any atom is -0.480 e. The summed E-state index contributed by atoms with van der Waals surface area (Å²) in [6, 6.07) is -0.362. The molecule has 0 aromatic carbocycles. The first-order valence-corrected chi connectivity index (χ1v) is 8.12. The number of carboxylic acid groups (broad SMARTS) is 1. The Balaban J connectivity index is 0. The van der Waals surface area contributed by atoms with Gasteiger partial charge in [0.2, 0.25) is 0 Å². The Kier molecular flexibility index (Phi) is 18.5. The summed E-state index contributed by atoms with van der Waals surface area (Å²) in [4.78, 5) is 10.8. The van der Waals surface area contributed by atoms with Crippen molar-refractivity contribution in [2.24, 2.45) is 0 Å². The highest BCUT2D eigenvalue weighted by molar-refractivity contribution is 5.85. The average molecular weight is 308 g/mol. The molecule has 0 aliphatic carbocycles. The Morgan fingerprint density at radius 3 is 1.65 bits per heavy atom. The highest BCUT2D eigenvalue weighted by Gasteiger charge is 2.13. The van der Waals surface area contributed by atoms with Crippen molar-refractivity contribution in [2.45, 2.75) is 90.0 Å². The maximum atomic E-state index is 10.8. The Morgan fingerprint density at radius 2 is 1.30 bits per heavy atom. The van der Waals surface area contributed by atoms with E-state index in [1.54, 1.807) is 7.05 Å². The van der Waals surface area contributed by atoms with Gasteiger partial charge in [0.05, 0.1) is 0 Å². The molecule has 0 radical (unpaired) electrons. The molecule has 3 nitrogen and oxygen atoms in total. The number of nitrogens with one attached hydrogen (secondary N) is 1. The van der Waals surface area contributed by atoms with E-state index < -0.39 is 5.97 Å². The van der Waals surface area contributed by atoms with Crippen molar-refractivity contribution in [3.8, 4) is 0 Å². The fourth-order valence-electron chi connectivity index (χ4n) is 2.40. The smallest absolute Gasteiger partial charge is 0.320 e. The van der Waals surface area contributed by atoms with Crippen LogP contribution in [0.25, 0.3) is 0 Å². The average Bonchev–Trinajstić information content (AvgIpc) is 2.40. The van der Waals surface area contributed by atoms with Crippen LogP contribution in [0.1, 0.15) is 84.0 Å². The monoisotopic (exact) mass is 307 g/mol. The standard InChI is InChI=1S/C16H33NO2.ClH/c1-3-4-5-6-7-8-9-10-11-12-13-14-15(17-2)16(18)19;/h15,17H,3-14H2,1-2H3,(H,18,19);1H. The molecule has 0 spiro atoms. The van der Waals surface area contributed by atoms with E-state index >= 15 is 0 Å². The third-order valence-electron chi connectivity index (χ3n) is 3.74.